The van der Waals surface area contributed by atoms with Gasteiger partial charge >= 0.3 is 5.97 Å². The molecule has 0 aromatic rings. The van der Waals surface area contributed by atoms with E-state index in [1.165, 1.54) is 0 Å². The minimum Gasteiger partial charge on any atom is -0.465 e. The van der Waals surface area contributed by atoms with Crippen molar-refractivity contribution in [2.24, 2.45) is 0 Å². The van der Waals surface area contributed by atoms with Gasteiger partial charge in [0.15, 0.2) is 0 Å². The third-order valence-corrected chi connectivity index (χ3v) is 3.35. The summed E-state index contributed by atoms with van der Waals surface area (Å²) in [5.41, 5.74) is 0. The number of carbonyl (C=O) groups is 1. The standard InChI is InChI=1S/C16H35N3O2/c1-6-10-17-15(16(20)21-8-3)9-12-19(11-7-2)14-13-18(4)5/h15,17H,6-14H2,1-5H3. The maximum atomic E-state index is 12.0. The molecule has 0 radical (unpaired) electrons. The molecule has 0 fully saturated rings. The molecule has 21 heavy (non-hydrogen) atoms. The molecule has 1 N–H and O–H groups in total. The smallest absolute Gasteiger partial charge is 0.323 e. The number of rotatable bonds is 13. The summed E-state index contributed by atoms with van der Waals surface area (Å²) in [4.78, 5) is 16.6. The summed E-state index contributed by atoms with van der Waals surface area (Å²) in [5, 5.41) is 3.30. The van der Waals surface area contributed by atoms with Gasteiger partial charge in [-0.15, -0.1) is 0 Å². The van der Waals surface area contributed by atoms with Gasteiger partial charge in [-0.1, -0.05) is 13.8 Å². The van der Waals surface area contributed by atoms with Gasteiger partial charge in [-0.3, -0.25) is 4.79 Å². The lowest BCUT2D eigenvalue weighted by Gasteiger charge is -2.25. The first-order valence-corrected chi connectivity index (χ1v) is 8.32. The molecule has 0 spiro atoms. The Balaban J connectivity index is 4.33. The fraction of sp³-hybridized carbons (Fsp3) is 0.938. The van der Waals surface area contributed by atoms with Gasteiger partial charge in [0, 0.05) is 19.6 Å². The van der Waals surface area contributed by atoms with Crippen LogP contribution in [0.4, 0.5) is 0 Å². The van der Waals surface area contributed by atoms with E-state index in [4.69, 9.17) is 4.74 Å². The SMILES string of the molecule is CCCNC(CCN(CCC)CCN(C)C)C(=O)OCC. The number of ether oxygens (including phenoxy) is 1. The van der Waals surface area contributed by atoms with Crippen molar-refractivity contribution in [1.29, 1.82) is 0 Å². The summed E-state index contributed by atoms with van der Waals surface area (Å²) in [5.74, 6) is -0.116. The van der Waals surface area contributed by atoms with Gasteiger partial charge in [-0.25, -0.2) is 0 Å². The van der Waals surface area contributed by atoms with Gasteiger partial charge in [0.1, 0.15) is 6.04 Å². The molecule has 126 valence electrons. The van der Waals surface area contributed by atoms with Crippen LogP contribution in [0.25, 0.3) is 0 Å². The highest BCUT2D eigenvalue weighted by Gasteiger charge is 2.19. The van der Waals surface area contributed by atoms with Gasteiger partial charge in [0.25, 0.3) is 0 Å². The molecule has 0 aliphatic heterocycles. The minimum atomic E-state index is -0.177. The predicted octanol–water partition coefficient (Wildman–Crippen LogP) is 1.58. The molecular weight excluding hydrogens is 266 g/mol. The topological polar surface area (TPSA) is 44.8 Å². The molecule has 5 nitrogen and oxygen atoms in total. The average Bonchev–Trinajstić information content (AvgIpc) is 2.44. The second-order valence-electron chi connectivity index (χ2n) is 5.69. The largest absolute Gasteiger partial charge is 0.465 e. The number of hydrogen-bond donors (Lipinski definition) is 1. The third-order valence-electron chi connectivity index (χ3n) is 3.35. The number of hydrogen-bond acceptors (Lipinski definition) is 5. The summed E-state index contributed by atoms with van der Waals surface area (Å²) in [6.45, 7) is 11.6. The van der Waals surface area contributed by atoms with Gasteiger partial charge in [0.05, 0.1) is 6.61 Å². The summed E-state index contributed by atoms with van der Waals surface area (Å²) >= 11 is 0. The van der Waals surface area contributed by atoms with Crippen molar-refractivity contribution in [3.63, 3.8) is 0 Å². The molecule has 0 aromatic heterocycles. The first kappa shape index (κ1) is 20.3. The van der Waals surface area contributed by atoms with Gasteiger partial charge in [-0.05, 0) is 53.4 Å². The highest BCUT2D eigenvalue weighted by atomic mass is 16.5. The number of esters is 1. The van der Waals surface area contributed by atoms with Crippen LogP contribution in [0.5, 0.6) is 0 Å². The van der Waals surface area contributed by atoms with E-state index in [-0.39, 0.29) is 12.0 Å². The molecule has 0 saturated carbocycles. The van der Waals surface area contributed by atoms with E-state index in [2.05, 4.69) is 43.1 Å². The first-order valence-electron chi connectivity index (χ1n) is 8.32. The van der Waals surface area contributed by atoms with Crippen LogP contribution in [0.2, 0.25) is 0 Å². The zero-order valence-electron chi connectivity index (χ0n) is 14.7. The van der Waals surface area contributed by atoms with Crippen LogP contribution in [-0.4, -0.2) is 75.2 Å². The van der Waals surface area contributed by atoms with Crippen molar-refractivity contribution >= 4 is 5.97 Å². The highest BCUT2D eigenvalue weighted by molar-refractivity contribution is 5.75. The van der Waals surface area contributed by atoms with Gasteiger partial charge in [0.2, 0.25) is 0 Å². The Labute approximate surface area is 131 Å². The molecule has 0 saturated heterocycles. The molecule has 0 aliphatic carbocycles. The summed E-state index contributed by atoms with van der Waals surface area (Å²) in [6.07, 6.45) is 2.97. The van der Waals surface area contributed by atoms with Crippen LogP contribution in [0.1, 0.15) is 40.0 Å². The van der Waals surface area contributed by atoms with Crippen molar-refractivity contribution in [2.75, 3.05) is 53.4 Å². The molecule has 1 unspecified atom stereocenters. The second-order valence-corrected chi connectivity index (χ2v) is 5.69. The molecule has 0 bridgehead atoms. The van der Waals surface area contributed by atoms with Crippen LogP contribution in [0, 0.1) is 0 Å². The van der Waals surface area contributed by atoms with E-state index in [9.17, 15) is 4.79 Å². The highest BCUT2D eigenvalue weighted by Crippen LogP contribution is 2.02. The van der Waals surface area contributed by atoms with Crippen LogP contribution in [0.3, 0.4) is 0 Å². The van der Waals surface area contributed by atoms with E-state index in [0.29, 0.717) is 6.61 Å². The third kappa shape index (κ3) is 10.7. The van der Waals surface area contributed by atoms with Gasteiger partial charge < -0.3 is 19.9 Å². The van der Waals surface area contributed by atoms with Crippen LogP contribution < -0.4 is 5.32 Å². The number of nitrogens with zero attached hydrogens (tertiary/aromatic N) is 2. The number of nitrogens with one attached hydrogen (secondary N) is 1. The zero-order chi connectivity index (χ0) is 16.1. The first-order chi connectivity index (χ1) is 10.0. The Morgan fingerprint density at radius 3 is 2.29 bits per heavy atom. The fourth-order valence-electron chi connectivity index (χ4n) is 2.17. The lowest BCUT2D eigenvalue weighted by molar-refractivity contribution is -0.145. The lowest BCUT2D eigenvalue weighted by atomic mass is 10.2. The van der Waals surface area contributed by atoms with Crippen molar-refractivity contribution in [1.82, 2.24) is 15.1 Å². The fourth-order valence-corrected chi connectivity index (χ4v) is 2.17. The van der Waals surface area contributed by atoms with E-state index >= 15 is 0 Å². The Morgan fingerprint density at radius 2 is 1.76 bits per heavy atom. The maximum Gasteiger partial charge on any atom is 0.323 e. The van der Waals surface area contributed by atoms with Crippen LogP contribution >= 0.6 is 0 Å². The molecule has 0 aliphatic rings. The summed E-state index contributed by atoms with van der Waals surface area (Å²) in [6, 6.07) is -0.177. The number of likely N-dealkylation sites (N-methyl/N-ethyl adjacent to an activating group) is 1. The van der Waals surface area contributed by atoms with E-state index in [0.717, 1.165) is 52.0 Å². The average molecular weight is 301 g/mol. The van der Waals surface area contributed by atoms with Crippen molar-refractivity contribution < 1.29 is 9.53 Å². The normalized spacial score (nSPS) is 12.9. The van der Waals surface area contributed by atoms with Crippen molar-refractivity contribution in [3.8, 4) is 0 Å². The minimum absolute atomic E-state index is 0.116. The van der Waals surface area contributed by atoms with E-state index in [1.54, 1.807) is 0 Å². The van der Waals surface area contributed by atoms with E-state index < -0.39 is 0 Å². The Hall–Kier alpha value is -0.650. The van der Waals surface area contributed by atoms with Crippen LogP contribution in [-0.2, 0) is 9.53 Å². The molecule has 0 aromatic carbocycles. The Morgan fingerprint density at radius 1 is 1.05 bits per heavy atom. The number of carbonyl (C=O) groups excluding carboxylic acids is 1. The molecular formula is C16H35N3O2. The quantitative estimate of drug-likeness (QED) is 0.523. The summed E-state index contributed by atoms with van der Waals surface area (Å²) < 4.78 is 5.16. The van der Waals surface area contributed by atoms with Crippen molar-refractivity contribution in [2.45, 2.75) is 46.1 Å². The zero-order valence-corrected chi connectivity index (χ0v) is 14.7. The molecule has 0 heterocycles. The Bertz CT molecular complexity index is 260. The molecule has 0 amide bonds. The monoisotopic (exact) mass is 301 g/mol. The summed E-state index contributed by atoms with van der Waals surface area (Å²) in [7, 11) is 4.18. The molecule has 0 rings (SSSR count). The van der Waals surface area contributed by atoms with Gasteiger partial charge in [-0.2, -0.15) is 0 Å². The molecule has 1 atom stereocenters. The lowest BCUT2D eigenvalue weighted by Crippen LogP contribution is -2.42. The Kier molecular flexibility index (Phi) is 12.6. The van der Waals surface area contributed by atoms with E-state index in [1.807, 2.05) is 6.92 Å². The molecule has 5 heteroatoms. The maximum absolute atomic E-state index is 12.0. The van der Waals surface area contributed by atoms with Crippen LogP contribution in [0.15, 0.2) is 0 Å². The van der Waals surface area contributed by atoms with Crippen molar-refractivity contribution in [3.05, 3.63) is 0 Å². The second kappa shape index (κ2) is 13.0. The predicted molar refractivity (Wildman–Crippen MR) is 88.6 cm³/mol.